The van der Waals surface area contributed by atoms with Crippen LogP contribution < -0.4 is 9.57 Å². The lowest BCUT2D eigenvalue weighted by molar-refractivity contribution is -0.885. The van der Waals surface area contributed by atoms with Gasteiger partial charge in [0.25, 0.3) is 0 Å². The number of nitrogens with zero attached hydrogens (tertiary/aromatic N) is 1. The van der Waals surface area contributed by atoms with E-state index in [9.17, 15) is 0 Å². The number of pyridine rings is 1. The highest BCUT2D eigenvalue weighted by atomic mass is 16.6. The van der Waals surface area contributed by atoms with Crippen LogP contribution in [-0.4, -0.2) is 7.11 Å². The van der Waals surface area contributed by atoms with Crippen LogP contribution in [-0.2, 0) is 0 Å². The number of hydrogen-bond acceptors (Lipinski definition) is 1. The molecule has 0 aliphatic heterocycles. The predicted octanol–water partition coefficient (Wildman–Crippen LogP) is 0.669. The highest BCUT2D eigenvalue weighted by molar-refractivity contribution is 4.83. The molecule has 0 spiro atoms. The van der Waals surface area contributed by atoms with E-state index in [1.165, 1.54) is 0 Å². The molecule has 9 heavy (non-hydrogen) atoms. The minimum atomic E-state index is 0. The van der Waals surface area contributed by atoms with E-state index in [1.807, 2.05) is 30.6 Å². The van der Waals surface area contributed by atoms with Gasteiger partial charge in [0.2, 0.25) is 12.4 Å². The Balaban J connectivity index is 0.000000640. The minimum Gasteiger partial charge on any atom is -0.275 e. The Morgan fingerprint density at radius 2 is 1.67 bits per heavy atom. The van der Waals surface area contributed by atoms with Crippen molar-refractivity contribution in [3.63, 3.8) is 0 Å². The Labute approximate surface area is 55.7 Å². The van der Waals surface area contributed by atoms with E-state index < -0.39 is 0 Å². The topological polar surface area (TPSA) is 13.1 Å². The molecule has 1 aromatic heterocycles. The second kappa shape index (κ2) is 3.89. The van der Waals surface area contributed by atoms with E-state index >= 15 is 0 Å². The number of aromatic nitrogens is 1. The molecule has 2 nitrogen and oxygen atoms in total. The summed E-state index contributed by atoms with van der Waals surface area (Å²) in [6.45, 7) is 0. The molecule has 0 amide bonds. The molecule has 1 heterocycles. The molecule has 50 valence electrons. The number of hydrogen-bond donors (Lipinski definition) is 0. The summed E-state index contributed by atoms with van der Waals surface area (Å²) in [5.74, 6) is 0. The van der Waals surface area contributed by atoms with E-state index in [2.05, 4.69) is 0 Å². The Hall–Kier alpha value is -1.05. The van der Waals surface area contributed by atoms with Crippen molar-refractivity contribution >= 4 is 0 Å². The summed E-state index contributed by atoms with van der Waals surface area (Å²) >= 11 is 0. The van der Waals surface area contributed by atoms with Crippen LogP contribution in [0.5, 0.6) is 0 Å². The molecule has 0 unspecified atom stereocenters. The van der Waals surface area contributed by atoms with Gasteiger partial charge in [0.1, 0.15) is 7.11 Å². The molecule has 0 aliphatic rings. The summed E-state index contributed by atoms with van der Waals surface area (Å²) in [5.41, 5.74) is 0. The minimum absolute atomic E-state index is 0. The Morgan fingerprint density at radius 1 is 1.11 bits per heavy atom. The molecule has 0 aliphatic carbocycles. The van der Waals surface area contributed by atoms with Gasteiger partial charge >= 0.3 is 0 Å². The smallest absolute Gasteiger partial charge is 0.222 e. The van der Waals surface area contributed by atoms with Gasteiger partial charge in [-0.15, -0.1) is 0 Å². The first-order valence-electron chi connectivity index (χ1n) is 2.44. The zero-order valence-electron chi connectivity index (χ0n) is 4.74. The normalized spacial score (nSPS) is 7.67. The molecular formula is C7H12NO+. The van der Waals surface area contributed by atoms with Crippen LogP contribution in [0.3, 0.4) is 0 Å². The molecule has 0 radical (unpaired) electrons. The van der Waals surface area contributed by atoms with Crippen molar-refractivity contribution in [2.75, 3.05) is 7.11 Å². The van der Waals surface area contributed by atoms with Gasteiger partial charge < -0.3 is 0 Å². The van der Waals surface area contributed by atoms with Crippen LogP contribution in [0.25, 0.3) is 0 Å². The first-order chi connectivity index (χ1) is 3.93. The van der Waals surface area contributed by atoms with Crippen LogP contribution in [0.1, 0.15) is 7.43 Å². The summed E-state index contributed by atoms with van der Waals surface area (Å²) in [5, 5.41) is 0. The summed E-state index contributed by atoms with van der Waals surface area (Å²) < 4.78 is 1.62. The highest BCUT2D eigenvalue weighted by Crippen LogP contribution is 1.72. The first kappa shape index (κ1) is 7.95. The second-order valence-electron chi connectivity index (χ2n) is 1.42. The third kappa shape index (κ3) is 2.13. The predicted molar refractivity (Wildman–Crippen MR) is 35.9 cm³/mol. The lowest BCUT2D eigenvalue weighted by atomic mass is 10.5. The lowest BCUT2D eigenvalue weighted by Gasteiger charge is -1.84. The van der Waals surface area contributed by atoms with Gasteiger partial charge in [-0.2, -0.15) is 0 Å². The monoisotopic (exact) mass is 126 g/mol. The summed E-state index contributed by atoms with van der Waals surface area (Å²) in [6.07, 6.45) is 3.67. The van der Waals surface area contributed by atoms with Gasteiger partial charge in [0.15, 0.2) is 0 Å². The molecule has 0 atom stereocenters. The Morgan fingerprint density at radius 3 is 2.00 bits per heavy atom. The van der Waals surface area contributed by atoms with E-state index in [4.69, 9.17) is 4.84 Å². The molecule has 2 heteroatoms. The molecule has 0 bridgehead atoms. The van der Waals surface area contributed by atoms with Gasteiger partial charge in [-0.3, -0.25) is 4.84 Å². The van der Waals surface area contributed by atoms with Crippen molar-refractivity contribution in [1.29, 1.82) is 0 Å². The van der Waals surface area contributed by atoms with Crippen molar-refractivity contribution in [1.82, 2.24) is 0 Å². The van der Waals surface area contributed by atoms with Gasteiger partial charge in [-0.25, -0.2) is 0 Å². The molecule has 0 aromatic carbocycles. The van der Waals surface area contributed by atoms with Crippen LogP contribution >= 0.6 is 0 Å². The fourth-order valence-corrected chi connectivity index (χ4v) is 0.505. The van der Waals surface area contributed by atoms with Gasteiger partial charge in [-0.1, -0.05) is 13.5 Å². The molecule has 0 saturated heterocycles. The quantitative estimate of drug-likeness (QED) is 0.504. The van der Waals surface area contributed by atoms with Crippen molar-refractivity contribution in [3.8, 4) is 0 Å². The largest absolute Gasteiger partial charge is 0.275 e. The van der Waals surface area contributed by atoms with Crippen LogP contribution in [0.2, 0.25) is 0 Å². The summed E-state index contributed by atoms with van der Waals surface area (Å²) in [6, 6.07) is 5.75. The van der Waals surface area contributed by atoms with Crippen LogP contribution in [0.4, 0.5) is 0 Å². The zero-order valence-corrected chi connectivity index (χ0v) is 4.74. The third-order valence-electron chi connectivity index (χ3n) is 0.899. The molecule has 0 saturated carbocycles. The van der Waals surface area contributed by atoms with Crippen molar-refractivity contribution < 1.29 is 9.57 Å². The molecular weight excluding hydrogens is 114 g/mol. The number of rotatable bonds is 1. The highest BCUT2D eigenvalue weighted by Gasteiger charge is 1.88. The Kier molecular flexibility index (Phi) is 3.44. The maximum atomic E-state index is 4.83. The fraction of sp³-hybridized carbons (Fsp3) is 0.286. The van der Waals surface area contributed by atoms with Gasteiger partial charge in [-0.05, 0) is 0 Å². The molecule has 1 rings (SSSR count). The molecule has 0 N–H and O–H groups in total. The Bertz CT molecular complexity index is 150. The third-order valence-corrected chi connectivity index (χ3v) is 0.899. The maximum absolute atomic E-state index is 4.83. The summed E-state index contributed by atoms with van der Waals surface area (Å²) in [4.78, 5) is 4.83. The van der Waals surface area contributed by atoms with Crippen molar-refractivity contribution in [2.24, 2.45) is 0 Å². The fourth-order valence-electron chi connectivity index (χ4n) is 0.505. The standard InChI is InChI=1S/C6H8NO.CH4/c1-8-7-5-3-2-4-6-7;/h2-6H,1H3;1H4/q+1;. The zero-order chi connectivity index (χ0) is 5.82. The second-order valence-corrected chi connectivity index (χ2v) is 1.42. The van der Waals surface area contributed by atoms with Crippen LogP contribution in [0, 0.1) is 0 Å². The average molecular weight is 126 g/mol. The molecule has 1 aromatic rings. The van der Waals surface area contributed by atoms with Crippen molar-refractivity contribution in [3.05, 3.63) is 30.6 Å². The van der Waals surface area contributed by atoms with E-state index in [0.717, 1.165) is 0 Å². The molecule has 0 fully saturated rings. The van der Waals surface area contributed by atoms with E-state index in [0.29, 0.717) is 0 Å². The average Bonchev–Trinajstić information content (AvgIpc) is 1.90. The maximum Gasteiger partial charge on any atom is 0.222 e. The summed E-state index contributed by atoms with van der Waals surface area (Å²) in [7, 11) is 1.62. The van der Waals surface area contributed by atoms with Gasteiger partial charge in [0, 0.05) is 16.9 Å². The van der Waals surface area contributed by atoms with E-state index in [-0.39, 0.29) is 7.43 Å². The first-order valence-corrected chi connectivity index (χ1v) is 2.44. The van der Waals surface area contributed by atoms with Gasteiger partial charge in [0.05, 0.1) is 0 Å². The SMILES string of the molecule is C.CO[n+]1ccccc1. The van der Waals surface area contributed by atoms with E-state index in [1.54, 1.807) is 11.8 Å². The van der Waals surface area contributed by atoms with Crippen molar-refractivity contribution in [2.45, 2.75) is 7.43 Å². The lowest BCUT2D eigenvalue weighted by Crippen LogP contribution is -2.38. The van der Waals surface area contributed by atoms with Crippen LogP contribution in [0.15, 0.2) is 30.6 Å².